The van der Waals surface area contributed by atoms with Crippen molar-refractivity contribution < 1.29 is 4.39 Å². The maximum Gasteiger partial charge on any atom is 0.125 e. The highest BCUT2D eigenvalue weighted by atomic mass is 35.5. The number of rotatable bonds is 4. The van der Waals surface area contributed by atoms with E-state index in [1.807, 2.05) is 18.2 Å². The third kappa shape index (κ3) is 2.54. The molecule has 108 valence electrons. The Morgan fingerprint density at radius 2 is 1.95 bits per heavy atom. The van der Waals surface area contributed by atoms with E-state index >= 15 is 0 Å². The van der Waals surface area contributed by atoms with Gasteiger partial charge in [0.05, 0.1) is 23.0 Å². The van der Waals surface area contributed by atoms with Crippen LogP contribution in [-0.4, -0.2) is 9.55 Å². The second-order valence-electron chi connectivity index (χ2n) is 5.00. The average molecular weight is 303 g/mol. The fraction of sp³-hybridized carbons (Fsp3) is 0.235. The fourth-order valence-corrected chi connectivity index (χ4v) is 2.99. The van der Waals surface area contributed by atoms with Crippen molar-refractivity contribution in [1.82, 2.24) is 9.55 Å². The molecule has 1 atom stereocenters. The van der Waals surface area contributed by atoms with Gasteiger partial charge >= 0.3 is 0 Å². The third-order valence-electron chi connectivity index (χ3n) is 3.73. The molecule has 1 heterocycles. The Morgan fingerprint density at radius 3 is 2.62 bits per heavy atom. The van der Waals surface area contributed by atoms with Crippen LogP contribution in [0, 0.1) is 5.82 Å². The molecule has 0 aliphatic carbocycles. The van der Waals surface area contributed by atoms with Gasteiger partial charge in [0.1, 0.15) is 11.6 Å². The van der Waals surface area contributed by atoms with Crippen molar-refractivity contribution in [2.24, 2.45) is 0 Å². The van der Waals surface area contributed by atoms with Crippen molar-refractivity contribution in [3.8, 4) is 0 Å². The zero-order valence-electron chi connectivity index (χ0n) is 11.8. The normalized spacial score (nSPS) is 12.7. The van der Waals surface area contributed by atoms with E-state index in [1.54, 1.807) is 6.07 Å². The highest BCUT2D eigenvalue weighted by Crippen LogP contribution is 2.29. The standard InChI is InChI=1S/C17H16ClFN2/c1-2-15(12-6-4-3-5-7-12)21-16-9-8-13(19)10-14(16)20-17(21)11-18/h3-10,15H,2,11H2,1H3. The highest BCUT2D eigenvalue weighted by Gasteiger charge is 2.19. The van der Waals surface area contributed by atoms with E-state index in [9.17, 15) is 4.39 Å². The first-order valence-electron chi connectivity index (χ1n) is 7.02. The molecule has 3 aromatic rings. The molecule has 21 heavy (non-hydrogen) atoms. The van der Waals surface area contributed by atoms with Crippen molar-refractivity contribution in [1.29, 1.82) is 0 Å². The van der Waals surface area contributed by atoms with Crippen molar-refractivity contribution in [2.45, 2.75) is 25.3 Å². The van der Waals surface area contributed by atoms with Gasteiger partial charge in [0, 0.05) is 6.07 Å². The summed E-state index contributed by atoms with van der Waals surface area (Å²) >= 11 is 6.05. The summed E-state index contributed by atoms with van der Waals surface area (Å²) in [5, 5.41) is 0. The van der Waals surface area contributed by atoms with E-state index in [1.165, 1.54) is 17.7 Å². The van der Waals surface area contributed by atoms with Gasteiger partial charge < -0.3 is 4.57 Å². The van der Waals surface area contributed by atoms with Gasteiger partial charge in [0.2, 0.25) is 0 Å². The summed E-state index contributed by atoms with van der Waals surface area (Å²) in [6, 6.07) is 15.1. The molecule has 0 amide bonds. The molecule has 4 heteroatoms. The Bertz CT molecular complexity index is 752. The summed E-state index contributed by atoms with van der Waals surface area (Å²) < 4.78 is 15.5. The molecule has 2 aromatic carbocycles. The van der Waals surface area contributed by atoms with Crippen molar-refractivity contribution >= 4 is 22.6 Å². The minimum Gasteiger partial charge on any atom is -0.319 e. The SMILES string of the molecule is CCC(c1ccccc1)n1c(CCl)nc2cc(F)ccc21. The van der Waals surface area contributed by atoms with Crippen LogP contribution in [0.5, 0.6) is 0 Å². The predicted molar refractivity (Wildman–Crippen MR) is 84.1 cm³/mol. The lowest BCUT2D eigenvalue weighted by molar-refractivity contribution is 0.564. The Balaban J connectivity index is 2.22. The summed E-state index contributed by atoms with van der Waals surface area (Å²) in [5.41, 5.74) is 2.78. The zero-order valence-corrected chi connectivity index (χ0v) is 12.5. The average Bonchev–Trinajstić information content (AvgIpc) is 2.87. The van der Waals surface area contributed by atoms with E-state index in [0.717, 1.165) is 17.8 Å². The van der Waals surface area contributed by atoms with Gasteiger partial charge in [-0.3, -0.25) is 0 Å². The van der Waals surface area contributed by atoms with Gasteiger partial charge in [-0.1, -0.05) is 37.3 Å². The molecule has 0 N–H and O–H groups in total. The van der Waals surface area contributed by atoms with E-state index in [-0.39, 0.29) is 11.9 Å². The number of nitrogens with zero attached hydrogens (tertiary/aromatic N) is 2. The first-order valence-corrected chi connectivity index (χ1v) is 7.55. The molecule has 0 fully saturated rings. The van der Waals surface area contributed by atoms with Gasteiger partial charge in [-0.05, 0) is 24.1 Å². The smallest absolute Gasteiger partial charge is 0.125 e. The number of halogens is 2. The van der Waals surface area contributed by atoms with Crippen LogP contribution in [0.3, 0.4) is 0 Å². The first kappa shape index (κ1) is 14.1. The summed E-state index contributed by atoms with van der Waals surface area (Å²) in [6.07, 6.45) is 0.913. The lowest BCUT2D eigenvalue weighted by Crippen LogP contribution is -2.12. The van der Waals surface area contributed by atoms with Crippen LogP contribution in [0.4, 0.5) is 4.39 Å². The van der Waals surface area contributed by atoms with Crippen LogP contribution >= 0.6 is 11.6 Å². The Morgan fingerprint density at radius 1 is 1.19 bits per heavy atom. The van der Waals surface area contributed by atoms with Crippen molar-refractivity contribution in [2.75, 3.05) is 0 Å². The number of hydrogen-bond acceptors (Lipinski definition) is 1. The van der Waals surface area contributed by atoms with Gasteiger partial charge in [-0.15, -0.1) is 11.6 Å². The van der Waals surface area contributed by atoms with E-state index in [4.69, 9.17) is 11.6 Å². The molecule has 1 unspecified atom stereocenters. The lowest BCUT2D eigenvalue weighted by atomic mass is 10.0. The van der Waals surface area contributed by atoms with Gasteiger partial charge in [-0.25, -0.2) is 9.37 Å². The minimum absolute atomic E-state index is 0.149. The van der Waals surface area contributed by atoms with Crippen molar-refractivity contribution in [3.05, 3.63) is 65.7 Å². The monoisotopic (exact) mass is 302 g/mol. The van der Waals surface area contributed by atoms with Crippen LogP contribution < -0.4 is 0 Å². The van der Waals surface area contributed by atoms with Crippen LogP contribution in [0.15, 0.2) is 48.5 Å². The Hall–Kier alpha value is -1.87. The van der Waals surface area contributed by atoms with Crippen molar-refractivity contribution in [3.63, 3.8) is 0 Å². The Labute approximate surface area is 128 Å². The quantitative estimate of drug-likeness (QED) is 0.626. The molecule has 0 saturated heterocycles. The van der Waals surface area contributed by atoms with E-state index in [0.29, 0.717) is 11.4 Å². The molecule has 0 bridgehead atoms. The van der Waals surface area contributed by atoms with Gasteiger partial charge in [-0.2, -0.15) is 0 Å². The van der Waals surface area contributed by atoms with Gasteiger partial charge in [0.15, 0.2) is 0 Å². The fourth-order valence-electron chi connectivity index (χ4n) is 2.81. The largest absolute Gasteiger partial charge is 0.319 e. The summed E-state index contributed by atoms with van der Waals surface area (Å²) in [7, 11) is 0. The van der Waals surface area contributed by atoms with E-state index in [2.05, 4.69) is 28.6 Å². The predicted octanol–water partition coefficient (Wildman–Crippen LogP) is 4.91. The molecule has 1 aromatic heterocycles. The Kier molecular flexibility index (Phi) is 3.93. The summed E-state index contributed by atoms with van der Waals surface area (Å²) in [4.78, 5) is 4.48. The molecule has 3 rings (SSSR count). The first-order chi connectivity index (χ1) is 10.2. The molecule has 0 aliphatic rings. The molecule has 0 radical (unpaired) electrons. The number of hydrogen-bond donors (Lipinski definition) is 0. The van der Waals surface area contributed by atoms with Crippen LogP contribution in [-0.2, 0) is 5.88 Å². The summed E-state index contributed by atoms with van der Waals surface area (Å²) in [5.74, 6) is 0.800. The molecular weight excluding hydrogens is 287 g/mol. The second kappa shape index (κ2) is 5.86. The molecule has 2 nitrogen and oxygen atoms in total. The topological polar surface area (TPSA) is 17.8 Å². The van der Waals surface area contributed by atoms with Crippen LogP contribution in [0.25, 0.3) is 11.0 Å². The van der Waals surface area contributed by atoms with E-state index < -0.39 is 0 Å². The number of imidazole rings is 1. The number of aromatic nitrogens is 2. The van der Waals surface area contributed by atoms with Gasteiger partial charge in [0.25, 0.3) is 0 Å². The number of alkyl halides is 1. The second-order valence-corrected chi connectivity index (χ2v) is 5.27. The van der Waals surface area contributed by atoms with Crippen LogP contribution in [0.1, 0.15) is 30.8 Å². The lowest BCUT2D eigenvalue weighted by Gasteiger charge is -2.20. The number of benzene rings is 2. The maximum atomic E-state index is 13.4. The summed E-state index contributed by atoms with van der Waals surface area (Å²) in [6.45, 7) is 2.13. The molecular formula is C17H16ClFN2. The number of fused-ring (bicyclic) bond motifs is 1. The maximum absolute atomic E-state index is 13.4. The molecule has 0 aliphatic heterocycles. The third-order valence-corrected chi connectivity index (χ3v) is 3.97. The highest BCUT2D eigenvalue weighted by molar-refractivity contribution is 6.16. The molecule has 0 spiro atoms. The van der Waals surface area contributed by atoms with Crippen LogP contribution in [0.2, 0.25) is 0 Å². The zero-order chi connectivity index (χ0) is 14.8. The molecule has 0 saturated carbocycles. The minimum atomic E-state index is -0.277.